The fourth-order valence-electron chi connectivity index (χ4n) is 1.98. The average Bonchev–Trinajstić information content (AvgIpc) is 2.82. The van der Waals surface area contributed by atoms with E-state index in [1.54, 1.807) is 19.1 Å². The largest absolute Gasteiger partial charge is 0.478 e. The third-order valence-corrected chi connectivity index (χ3v) is 2.99. The van der Waals surface area contributed by atoms with Gasteiger partial charge in [-0.2, -0.15) is 4.98 Å². The van der Waals surface area contributed by atoms with E-state index in [2.05, 4.69) is 10.1 Å². The maximum absolute atomic E-state index is 11.1. The lowest BCUT2D eigenvalue weighted by molar-refractivity contribution is 0.0695. The summed E-state index contributed by atoms with van der Waals surface area (Å²) in [5.41, 5.74) is 1.19. The molecule has 106 valence electrons. The van der Waals surface area contributed by atoms with Crippen LogP contribution in [-0.4, -0.2) is 39.7 Å². The second-order valence-corrected chi connectivity index (χ2v) is 4.68. The summed E-state index contributed by atoms with van der Waals surface area (Å²) in [6.45, 7) is 3.05. The molecule has 6 nitrogen and oxygen atoms in total. The van der Waals surface area contributed by atoms with E-state index in [9.17, 15) is 4.79 Å². The molecule has 1 aromatic carbocycles. The van der Waals surface area contributed by atoms with Gasteiger partial charge in [0.15, 0.2) is 5.82 Å². The molecule has 0 atom stereocenters. The highest BCUT2D eigenvalue weighted by Crippen LogP contribution is 2.10. The summed E-state index contributed by atoms with van der Waals surface area (Å²) >= 11 is 0. The molecule has 1 N–H and O–H groups in total. The van der Waals surface area contributed by atoms with Gasteiger partial charge in [-0.1, -0.05) is 23.4 Å². The summed E-state index contributed by atoms with van der Waals surface area (Å²) in [7, 11) is 1.94. The van der Waals surface area contributed by atoms with Crippen molar-refractivity contribution in [2.45, 2.75) is 19.9 Å². The molecule has 2 aromatic rings. The van der Waals surface area contributed by atoms with Crippen LogP contribution in [0.15, 0.2) is 28.8 Å². The molecular formula is C14H17N3O3. The van der Waals surface area contributed by atoms with Crippen LogP contribution < -0.4 is 0 Å². The van der Waals surface area contributed by atoms with Gasteiger partial charge in [0.2, 0.25) is 5.89 Å². The van der Waals surface area contributed by atoms with Crippen LogP contribution in [-0.2, 0) is 13.0 Å². The number of aromatic carboxylic acids is 1. The topological polar surface area (TPSA) is 79.5 Å². The number of carboxylic acid groups (broad SMARTS) is 1. The van der Waals surface area contributed by atoms with E-state index in [-0.39, 0.29) is 0 Å². The Kier molecular flexibility index (Phi) is 4.47. The second-order valence-electron chi connectivity index (χ2n) is 4.68. The van der Waals surface area contributed by atoms with Crippen LogP contribution in [0.1, 0.15) is 27.6 Å². The number of likely N-dealkylation sites (N-methyl/N-ethyl adjacent to an activating group) is 1. The first-order chi connectivity index (χ1) is 9.56. The van der Waals surface area contributed by atoms with Crippen LogP contribution in [0.5, 0.6) is 0 Å². The quantitative estimate of drug-likeness (QED) is 0.865. The fourth-order valence-corrected chi connectivity index (χ4v) is 1.98. The number of carbonyl (C=O) groups is 1. The third-order valence-electron chi connectivity index (χ3n) is 2.99. The van der Waals surface area contributed by atoms with Crippen molar-refractivity contribution in [3.8, 4) is 0 Å². The highest BCUT2D eigenvalue weighted by atomic mass is 16.5. The van der Waals surface area contributed by atoms with Gasteiger partial charge < -0.3 is 9.63 Å². The van der Waals surface area contributed by atoms with Gasteiger partial charge in [0.05, 0.1) is 12.1 Å². The SMILES string of the molecule is Cc1nc(CN(C)CCc2ccccc2C(=O)O)no1. The fraction of sp³-hybridized carbons (Fsp3) is 0.357. The smallest absolute Gasteiger partial charge is 0.335 e. The number of hydrogen-bond acceptors (Lipinski definition) is 5. The number of carboxylic acids is 1. The molecule has 0 saturated carbocycles. The zero-order chi connectivity index (χ0) is 14.5. The van der Waals surface area contributed by atoms with Gasteiger partial charge in [-0.05, 0) is 25.1 Å². The summed E-state index contributed by atoms with van der Waals surface area (Å²) < 4.78 is 4.91. The Hall–Kier alpha value is -2.21. The van der Waals surface area contributed by atoms with Crippen LogP contribution in [0.2, 0.25) is 0 Å². The Labute approximate surface area is 117 Å². The van der Waals surface area contributed by atoms with Gasteiger partial charge in [-0.15, -0.1) is 0 Å². The molecule has 1 aromatic heterocycles. The normalized spacial score (nSPS) is 10.9. The summed E-state index contributed by atoms with van der Waals surface area (Å²) in [6.07, 6.45) is 0.663. The molecule has 2 rings (SSSR count). The molecule has 6 heteroatoms. The van der Waals surface area contributed by atoms with E-state index in [4.69, 9.17) is 9.63 Å². The predicted molar refractivity (Wildman–Crippen MR) is 72.5 cm³/mol. The maximum Gasteiger partial charge on any atom is 0.335 e. The van der Waals surface area contributed by atoms with Crippen molar-refractivity contribution < 1.29 is 14.4 Å². The number of hydrogen-bond donors (Lipinski definition) is 1. The average molecular weight is 275 g/mol. The molecule has 20 heavy (non-hydrogen) atoms. The van der Waals surface area contributed by atoms with Gasteiger partial charge in [-0.3, -0.25) is 4.90 Å². The van der Waals surface area contributed by atoms with Gasteiger partial charge >= 0.3 is 5.97 Å². The van der Waals surface area contributed by atoms with E-state index in [0.29, 0.717) is 30.2 Å². The molecule has 0 spiro atoms. The molecule has 0 aliphatic heterocycles. The Morgan fingerprint density at radius 2 is 2.15 bits per heavy atom. The van der Waals surface area contributed by atoms with Crippen molar-refractivity contribution in [2.75, 3.05) is 13.6 Å². The van der Waals surface area contributed by atoms with Gasteiger partial charge in [0.25, 0.3) is 0 Å². The minimum absolute atomic E-state index is 0.358. The second kappa shape index (κ2) is 6.29. The van der Waals surface area contributed by atoms with Crippen molar-refractivity contribution >= 4 is 5.97 Å². The molecule has 0 unspecified atom stereocenters. The van der Waals surface area contributed by atoms with E-state index in [1.807, 2.05) is 24.1 Å². The maximum atomic E-state index is 11.1. The van der Waals surface area contributed by atoms with E-state index >= 15 is 0 Å². The monoisotopic (exact) mass is 275 g/mol. The third kappa shape index (κ3) is 3.64. The molecule has 0 aliphatic rings. The molecule has 0 saturated heterocycles. The summed E-state index contributed by atoms with van der Waals surface area (Å²) in [6, 6.07) is 7.05. The van der Waals surface area contributed by atoms with Crippen molar-refractivity contribution in [3.05, 3.63) is 47.1 Å². The number of rotatable bonds is 6. The van der Waals surface area contributed by atoms with E-state index < -0.39 is 5.97 Å². The minimum Gasteiger partial charge on any atom is -0.478 e. The van der Waals surface area contributed by atoms with Gasteiger partial charge in [0.1, 0.15) is 0 Å². The first kappa shape index (κ1) is 14.2. The van der Waals surface area contributed by atoms with Crippen molar-refractivity contribution in [1.29, 1.82) is 0 Å². The Balaban J connectivity index is 1.93. The lowest BCUT2D eigenvalue weighted by Gasteiger charge is -2.15. The van der Waals surface area contributed by atoms with E-state index in [1.165, 1.54) is 0 Å². The highest BCUT2D eigenvalue weighted by molar-refractivity contribution is 5.89. The molecule has 0 radical (unpaired) electrons. The number of benzene rings is 1. The lowest BCUT2D eigenvalue weighted by atomic mass is 10.0. The molecule has 1 heterocycles. The molecule has 0 bridgehead atoms. The predicted octanol–water partition coefficient (Wildman–Crippen LogP) is 1.75. The molecule has 0 fully saturated rings. The van der Waals surface area contributed by atoms with Crippen LogP contribution in [0.25, 0.3) is 0 Å². The number of nitrogens with zero attached hydrogens (tertiary/aromatic N) is 3. The zero-order valence-electron chi connectivity index (χ0n) is 11.5. The van der Waals surface area contributed by atoms with Gasteiger partial charge in [-0.25, -0.2) is 4.79 Å². The van der Waals surface area contributed by atoms with Crippen LogP contribution in [0.3, 0.4) is 0 Å². The molecule has 0 amide bonds. The molecular weight excluding hydrogens is 258 g/mol. The van der Waals surface area contributed by atoms with E-state index in [0.717, 1.165) is 12.1 Å². The molecule has 0 aliphatic carbocycles. The summed E-state index contributed by atoms with van der Waals surface area (Å²) in [5.74, 6) is 0.290. The summed E-state index contributed by atoms with van der Waals surface area (Å²) in [5, 5.41) is 13.0. The van der Waals surface area contributed by atoms with Crippen molar-refractivity contribution in [3.63, 3.8) is 0 Å². The standard InChI is InChI=1S/C14H17N3O3/c1-10-15-13(16-20-10)9-17(2)8-7-11-5-3-4-6-12(11)14(18)19/h3-6H,7-9H2,1-2H3,(H,18,19). The number of aromatic nitrogens is 2. The van der Waals surface area contributed by atoms with Gasteiger partial charge in [0, 0.05) is 13.5 Å². The number of aryl methyl sites for hydroxylation is 1. The van der Waals surface area contributed by atoms with Crippen molar-refractivity contribution in [1.82, 2.24) is 15.0 Å². The van der Waals surface area contributed by atoms with Crippen LogP contribution in [0, 0.1) is 6.92 Å². The summed E-state index contributed by atoms with van der Waals surface area (Å²) in [4.78, 5) is 17.3. The Bertz CT molecular complexity index is 595. The van der Waals surface area contributed by atoms with Crippen LogP contribution in [0.4, 0.5) is 0 Å². The zero-order valence-corrected chi connectivity index (χ0v) is 11.5. The van der Waals surface area contributed by atoms with Crippen LogP contribution >= 0.6 is 0 Å². The minimum atomic E-state index is -0.892. The lowest BCUT2D eigenvalue weighted by Crippen LogP contribution is -2.22. The first-order valence-electron chi connectivity index (χ1n) is 6.35. The highest BCUT2D eigenvalue weighted by Gasteiger charge is 2.11. The first-order valence-corrected chi connectivity index (χ1v) is 6.35. The van der Waals surface area contributed by atoms with Crippen molar-refractivity contribution in [2.24, 2.45) is 0 Å². The Morgan fingerprint density at radius 3 is 2.80 bits per heavy atom. The Morgan fingerprint density at radius 1 is 1.40 bits per heavy atom.